The van der Waals surface area contributed by atoms with Crippen LogP contribution in [0.3, 0.4) is 0 Å². The molecule has 2 rings (SSSR count). The molecule has 21 heavy (non-hydrogen) atoms. The molecule has 0 saturated heterocycles. The van der Waals surface area contributed by atoms with E-state index < -0.39 is 11.7 Å². The third-order valence-electron chi connectivity index (χ3n) is 2.64. The molecule has 108 valence electrons. The number of hydrogen-bond donors (Lipinski definition) is 3. The predicted molar refractivity (Wildman–Crippen MR) is 76.1 cm³/mol. The molecule has 0 unspecified atom stereocenters. The second-order valence-electron chi connectivity index (χ2n) is 3.99. The van der Waals surface area contributed by atoms with E-state index in [4.69, 9.17) is 22.5 Å². The molecule has 0 aliphatic carbocycles. The van der Waals surface area contributed by atoms with Crippen molar-refractivity contribution in [2.24, 2.45) is 10.9 Å². The lowest BCUT2D eigenvalue weighted by atomic mass is 10.1. The fraction of sp³-hybridized carbons (Fsp3) is 0. The van der Waals surface area contributed by atoms with Crippen molar-refractivity contribution in [3.63, 3.8) is 0 Å². The summed E-state index contributed by atoms with van der Waals surface area (Å²) in [5.74, 6) is -1.58. The lowest BCUT2D eigenvalue weighted by molar-refractivity contribution is 0.102. The van der Waals surface area contributed by atoms with Crippen molar-refractivity contribution in [3.05, 3.63) is 58.6 Å². The number of aromatic nitrogens is 1. The fourth-order valence-corrected chi connectivity index (χ4v) is 1.75. The largest absolute Gasteiger partial charge is 0.409 e. The molecule has 2 aromatic rings. The van der Waals surface area contributed by atoms with Gasteiger partial charge in [-0.2, -0.15) is 0 Å². The molecule has 1 aromatic heterocycles. The molecule has 1 heterocycles. The van der Waals surface area contributed by atoms with Gasteiger partial charge >= 0.3 is 0 Å². The van der Waals surface area contributed by atoms with Gasteiger partial charge in [-0.05, 0) is 24.3 Å². The number of amidine groups is 1. The van der Waals surface area contributed by atoms with Crippen LogP contribution in [-0.4, -0.2) is 21.9 Å². The molecule has 1 aromatic carbocycles. The Morgan fingerprint density at radius 3 is 2.86 bits per heavy atom. The van der Waals surface area contributed by atoms with Gasteiger partial charge in [0.05, 0.1) is 22.5 Å². The van der Waals surface area contributed by atoms with Crippen LogP contribution < -0.4 is 11.1 Å². The number of halogens is 2. The number of carbonyl (C=O) groups is 1. The van der Waals surface area contributed by atoms with Crippen molar-refractivity contribution in [3.8, 4) is 0 Å². The van der Waals surface area contributed by atoms with Crippen LogP contribution in [0.5, 0.6) is 0 Å². The molecule has 0 fully saturated rings. The van der Waals surface area contributed by atoms with Gasteiger partial charge in [-0.15, -0.1) is 0 Å². The lowest BCUT2D eigenvalue weighted by Crippen LogP contribution is -2.16. The molecule has 4 N–H and O–H groups in total. The first-order chi connectivity index (χ1) is 10.0. The Hall–Kier alpha value is -2.67. The van der Waals surface area contributed by atoms with Crippen LogP contribution in [0.25, 0.3) is 0 Å². The monoisotopic (exact) mass is 308 g/mol. The summed E-state index contributed by atoms with van der Waals surface area (Å²) in [6, 6.07) is 5.63. The Kier molecular flexibility index (Phi) is 4.34. The van der Waals surface area contributed by atoms with Gasteiger partial charge in [-0.3, -0.25) is 9.78 Å². The van der Waals surface area contributed by atoms with Crippen LogP contribution in [0.4, 0.5) is 10.1 Å². The molecule has 8 heteroatoms. The van der Waals surface area contributed by atoms with Gasteiger partial charge < -0.3 is 16.3 Å². The van der Waals surface area contributed by atoms with Gasteiger partial charge in [-0.1, -0.05) is 16.8 Å². The number of nitrogens with zero attached hydrogens (tertiary/aromatic N) is 2. The SMILES string of the molecule is N/C(=N/O)c1ccc(Cl)c(NC(=O)c2ccncc2F)c1. The third kappa shape index (κ3) is 3.26. The predicted octanol–water partition coefficient (Wildman–Crippen LogP) is 2.22. The fourth-order valence-electron chi connectivity index (χ4n) is 1.59. The quantitative estimate of drug-likeness (QED) is 0.350. The van der Waals surface area contributed by atoms with Crippen LogP contribution in [0.1, 0.15) is 15.9 Å². The normalized spacial score (nSPS) is 11.2. The number of carbonyl (C=O) groups excluding carboxylic acids is 1. The van der Waals surface area contributed by atoms with Crippen molar-refractivity contribution in [1.29, 1.82) is 0 Å². The average Bonchev–Trinajstić information content (AvgIpc) is 2.49. The number of hydrogen-bond acceptors (Lipinski definition) is 4. The summed E-state index contributed by atoms with van der Waals surface area (Å²) in [6.45, 7) is 0. The highest BCUT2D eigenvalue weighted by molar-refractivity contribution is 6.34. The van der Waals surface area contributed by atoms with Crippen LogP contribution in [0.2, 0.25) is 5.02 Å². The van der Waals surface area contributed by atoms with Crippen LogP contribution >= 0.6 is 11.6 Å². The highest BCUT2D eigenvalue weighted by Gasteiger charge is 2.14. The Balaban J connectivity index is 2.31. The van der Waals surface area contributed by atoms with E-state index in [-0.39, 0.29) is 22.1 Å². The molecule has 0 atom stereocenters. The van der Waals surface area contributed by atoms with E-state index >= 15 is 0 Å². The molecule has 6 nitrogen and oxygen atoms in total. The van der Waals surface area contributed by atoms with E-state index in [1.54, 1.807) is 0 Å². The Morgan fingerprint density at radius 2 is 2.19 bits per heavy atom. The summed E-state index contributed by atoms with van der Waals surface area (Å²) in [5.41, 5.74) is 5.85. The van der Waals surface area contributed by atoms with Gasteiger partial charge in [0.15, 0.2) is 11.7 Å². The zero-order valence-corrected chi connectivity index (χ0v) is 11.3. The maximum Gasteiger partial charge on any atom is 0.258 e. The van der Waals surface area contributed by atoms with E-state index in [0.29, 0.717) is 5.56 Å². The number of oxime groups is 1. The molecule has 0 saturated carbocycles. The van der Waals surface area contributed by atoms with Crippen LogP contribution in [-0.2, 0) is 0 Å². The summed E-state index contributed by atoms with van der Waals surface area (Å²) >= 11 is 5.95. The maximum atomic E-state index is 13.5. The Morgan fingerprint density at radius 1 is 1.43 bits per heavy atom. The van der Waals surface area contributed by atoms with Crippen molar-refractivity contribution < 1.29 is 14.4 Å². The zero-order valence-electron chi connectivity index (χ0n) is 10.5. The van der Waals surface area contributed by atoms with Gasteiger partial charge in [0, 0.05) is 11.8 Å². The molecule has 0 aliphatic rings. The van der Waals surface area contributed by atoms with Gasteiger partial charge in [-0.25, -0.2) is 4.39 Å². The third-order valence-corrected chi connectivity index (χ3v) is 2.96. The smallest absolute Gasteiger partial charge is 0.258 e. The first-order valence-corrected chi connectivity index (χ1v) is 6.09. The van der Waals surface area contributed by atoms with Crippen molar-refractivity contribution in [2.45, 2.75) is 0 Å². The molecule has 0 radical (unpaired) electrons. The number of amides is 1. The van der Waals surface area contributed by atoms with Crippen LogP contribution in [0, 0.1) is 5.82 Å². The summed E-state index contributed by atoms with van der Waals surface area (Å²) < 4.78 is 13.5. The highest BCUT2D eigenvalue weighted by Crippen LogP contribution is 2.24. The number of anilines is 1. The van der Waals surface area contributed by atoms with Gasteiger partial charge in [0.25, 0.3) is 5.91 Å². The molecular weight excluding hydrogens is 299 g/mol. The number of nitrogens with two attached hydrogens (primary N) is 1. The Labute approximate surface area is 124 Å². The zero-order chi connectivity index (χ0) is 15.4. The molecule has 0 spiro atoms. The second kappa shape index (κ2) is 6.19. The topological polar surface area (TPSA) is 101 Å². The molecule has 1 amide bonds. The van der Waals surface area contributed by atoms with Gasteiger partial charge in [0.2, 0.25) is 0 Å². The second-order valence-corrected chi connectivity index (χ2v) is 4.40. The van der Waals surface area contributed by atoms with E-state index in [1.165, 1.54) is 30.5 Å². The van der Waals surface area contributed by atoms with Crippen molar-refractivity contribution >= 4 is 29.0 Å². The highest BCUT2D eigenvalue weighted by atomic mass is 35.5. The molecular formula is C13H10ClFN4O2. The maximum absolute atomic E-state index is 13.5. The number of rotatable bonds is 3. The summed E-state index contributed by atoms with van der Waals surface area (Å²) in [4.78, 5) is 15.5. The van der Waals surface area contributed by atoms with E-state index in [0.717, 1.165) is 6.20 Å². The molecule has 0 bridgehead atoms. The van der Waals surface area contributed by atoms with E-state index in [2.05, 4.69) is 15.5 Å². The first kappa shape index (κ1) is 14.7. The van der Waals surface area contributed by atoms with Crippen LogP contribution in [0.15, 0.2) is 41.8 Å². The summed E-state index contributed by atoms with van der Waals surface area (Å²) in [5, 5.41) is 14.2. The van der Waals surface area contributed by atoms with E-state index in [9.17, 15) is 9.18 Å². The lowest BCUT2D eigenvalue weighted by Gasteiger charge is -2.09. The van der Waals surface area contributed by atoms with Crippen molar-refractivity contribution in [1.82, 2.24) is 4.98 Å². The van der Waals surface area contributed by atoms with Gasteiger partial charge in [0.1, 0.15) is 0 Å². The summed E-state index contributed by atoms with van der Waals surface area (Å²) in [6.07, 6.45) is 2.23. The van der Waals surface area contributed by atoms with Crippen molar-refractivity contribution in [2.75, 3.05) is 5.32 Å². The Bertz CT molecular complexity index is 721. The minimum Gasteiger partial charge on any atom is -0.409 e. The minimum absolute atomic E-state index is 0.141. The minimum atomic E-state index is -0.751. The average molecular weight is 309 g/mol. The number of benzene rings is 1. The summed E-state index contributed by atoms with van der Waals surface area (Å²) in [7, 11) is 0. The van der Waals surface area contributed by atoms with E-state index in [1.807, 2.05) is 0 Å². The number of nitrogens with one attached hydrogen (secondary N) is 1. The standard InChI is InChI=1S/C13H10ClFN4O2/c14-9-2-1-7(12(16)19-21)5-11(9)18-13(20)8-3-4-17-6-10(8)15/h1-6,21H,(H2,16,19)(H,18,20). The number of pyridine rings is 1. The molecule has 0 aliphatic heterocycles. The first-order valence-electron chi connectivity index (χ1n) is 5.71.